The summed E-state index contributed by atoms with van der Waals surface area (Å²) in [5.74, 6) is -0.547. The van der Waals surface area contributed by atoms with Gasteiger partial charge in [0.15, 0.2) is 0 Å². The highest BCUT2D eigenvalue weighted by atomic mass is 16.1. The second-order valence-corrected chi connectivity index (χ2v) is 4.74. The second-order valence-electron chi connectivity index (χ2n) is 4.74. The third-order valence-electron chi connectivity index (χ3n) is 3.36. The Balaban J connectivity index is 2.22. The van der Waals surface area contributed by atoms with Crippen LogP contribution < -0.4 is 11.3 Å². The van der Waals surface area contributed by atoms with Gasteiger partial charge in [-0.15, -0.1) is 0 Å². The quantitative estimate of drug-likeness (QED) is 0.790. The molecule has 2 aromatic heterocycles. The van der Waals surface area contributed by atoms with E-state index in [1.54, 1.807) is 36.7 Å². The monoisotopic (exact) mass is 279 g/mol. The first-order chi connectivity index (χ1) is 10.2. The Hall–Kier alpha value is -2.95. The zero-order valence-electron chi connectivity index (χ0n) is 11.2. The van der Waals surface area contributed by atoms with Crippen LogP contribution in [0.1, 0.15) is 15.9 Å². The first kappa shape index (κ1) is 13.1. The zero-order valence-corrected chi connectivity index (χ0v) is 11.2. The Bertz CT molecular complexity index is 870. The Morgan fingerprint density at radius 3 is 2.43 bits per heavy atom. The first-order valence-electron chi connectivity index (χ1n) is 6.47. The number of amides is 1. The van der Waals surface area contributed by atoms with Gasteiger partial charge in [0.2, 0.25) is 0 Å². The lowest BCUT2D eigenvalue weighted by atomic mass is 10.1. The number of carbonyl (C=O) groups is 1. The van der Waals surface area contributed by atoms with Crippen LogP contribution in [0, 0.1) is 0 Å². The molecular formula is C16H13N3O2. The summed E-state index contributed by atoms with van der Waals surface area (Å²) in [4.78, 5) is 28.1. The Morgan fingerprint density at radius 1 is 1.10 bits per heavy atom. The number of primary amides is 1. The minimum absolute atomic E-state index is 0.146. The van der Waals surface area contributed by atoms with Crippen LogP contribution in [0.5, 0.6) is 0 Å². The van der Waals surface area contributed by atoms with Crippen LogP contribution >= 0.6 is 0 Å². The summed E-state index contributed by atoms with van der Waals surface area (Å²) in [6.45, 7) is 0.368. The zero-order chi connectivity index (χ0) is 14.8. The van der Waals surface area contributed by atoms with Crippen molar-refractivity contribution in [3.05, 3.63) is 76.5 Å². The highest BCUT2D eigenvalue weighted by Crippen LogP contribution is 2.15. The number of fused-ring (bicyclic) bond motifs is 1. The first-order valence-corrected chi connectivity index (χ1v) is 6.47. The van der Waals surface area contributed by atoms with E-state index < -0.39 is 5.91 Å². The molecular weight excluding hydrogens is 266 g/mol. The molecule has 21 heavy (non-hydrogen) atoms. The molecule has 0 fully saturated rings. The highest BCUT2D eigenvalue weighted by molar-refractivity contribution is 6.05. The number of rotatable bonds is 3. The summed E-state index contributed by atoms with van der Waals surface area (Å²) < 4.78 is 1.50. The van der Waals surface area contributed by atoms with Gasteiger partial charge in [-0.2, -0.15) is 0 Å². The van der Waals surface area contributed by atoms with Crippen LogP contribution in [0.15, 0.2) is 59.8 Å². The molecule has 0 aliphatic heterocycles. The summed E-state index contributed by atoms with van der Waals surface area (Å²) in [5.41, 5.74) is 6.56. The van der Waals surface area contributed by atoms with Crippen LogP contribution in [0.4, 0.5) is 0 Å². The van der Waals surface area contributed by atoms with E-state index in [0.717, 1.165) is 5.56 Å². The Morgan fingerprint density at radius 2 is 1.76 bits per heavy atom. The molecule has 5 heteroatoms. The number of nitrogens with two attached hydrogens (primary N) is 1. The van der Waals surface area contributed by atoms with E-state index in [1.165, 1.54) is 10.8 Å². The number of hydrogen-bond acceptors (Lipinski definition) is 3. The lowest BCUT2D eigenvalue weighted by molar-refractivity contribution is 0.100. The van der Waals surface area contributed by atoms with Crippen LogP contribution in [0.25, 0.3) is 10.8 Å². The third kappa shape index (κ3) is 2.41. The van der Waals surface area contributed by atoms with E-state index in [9.17, 15) is 9.59 Å². The topological polar surface area (TPSA) is 78.0 Å². The smallest absolute Gasteiger partial charge is 0.258 e. The van der Waals surface area contributed by atoms with Crippen LogP contribution in [-0.2, 0) is 6.54 Å². The standard InChI is InChI=1S/C16H13N3O2/c17-15(20)14-10-19(9-11-5-7-18-8-6-11)16(21)13-4-2-1-3-12(13)14/h1-8,10H,9H2,(H2,17,20). The molecule has 0 atom stereocenters. The molecule has 0 unspecified atom stereocenters. The number of carbonyl (C=O) groups excluding carboxylic acids is 1. The summed E-state index contributed by atoms with van der Waals surface area (Å²) in [5, 5.41) is 1.07. The van der Waals surface area contributed by atoms with Crippen molar-refractivity contribution in [1.82, 2.24) is 9.55 Å². The fourth-order valence-electron chi connectivity index (χ4n) is 2.34. The number of hydrogen-bond donors (Lipinski definition) is 1. The molecule has 3 rings (SSSR count). The van der Waals surface area contributed by atoms with Crippen LogP contribution in [0.2, 0.25) is 0 Å². The van der Waals surface area contributed by atoms with Crippen molar-refractivity contribution in [2.75, 3.05) is 0 Å². The van der Waals surface area contributed by atoms with Crippen LogP contribution in [-0.4, -0.2) is 15.5 Å². The van der Waals surface area contributed by atoms with E-state index >= 15 is 0 Å². The van der Waals surface area contributed by atoms with E-state index in [4.69, 9.17) is 5.73 Å². The molecule has 0 aliphatic carbocycles. The summed E-state index contributed by atoms with van der Waals surface area (Å²) in [6, 6.07) is 10.6. The third-order valence-corrected chi connectivity index (χ3v) is 3.36. The van der Waals surface area contributed by atoms with Crippen molar-refractivity contribution in [2.45, 2.75) is 6.54 Å². The number of nitrogens with zero attached hydrogens (tertiary/aromatic N) is 2. The molecule has 0 radical (unpaired) electrons. The molecule has 0 aliphatic rings. The fourth-order valence-corrected chi connectivity index (χ4v) is 2.34. The highest BCUT2D eigenvalue weighted by Gasteiger charge is 2.12. The van der Waals surface area contributed by atoms with Gasteiger partial charge in [0.25, 0.3) is 11.5 Å². The van der Waals surface area contributed by atoms with Gasteiger partial charge >= 0.3 is 0 Å². The molecule has 2 N–H and O–H groups in total. The largest absolute Gasteiger partial charge is 0.366 e. The molecule has 104 valence electrons. The van der Waals surface area contributed by atoms with Gasteiger partial charge in [0, 0.05) is 29.4 Å². The lowest BCUT2D eigenvalue weighted by Gasteiger charge is -2.10. The maximum Gasteiger partial charge on any atom is 0.258 e. The summed E-state index contributed by atoms with van der Waals surface area (Å²) >= 11 is 0. The molecule has 1 aromatic carbocycles. The maximum atomic E-state index is 12.5. The number of pyridine rings is 2. The molecule has 1 amide bonds. The van der Waals surface area contributed by atoms with Crippen molar-refractivity contribution in [3.63, 3.8) is 0 Å². The minimum Gasteiger partial charge on any atom is -0.366 e. The molecule has 3 aromatic rings. The van der Waals surface area contributed by atoms with Gasteiger partial charge in [0.1, 0.15) is 0 Å². The molecule has 5 nitrogen and oxygen atoms in total. The van der Waals surface area contributed by atoms with Gasteiger partial charge in [-0.25, -0.2) is 0 Å². The van der Waals surface area contributed by atoms with E-state index in [0.29, 0.717) is 22.9 Å². The van der Waals surface area contributed by atoms with Crippen molar-refractivity contribution in [1.29, 1.82) is 0 Å². The molecule has 0 saturated carbocycles. The predicted octanol–water partition coefficient (Wildman–Crippen LogP) is 1.54. The molecule has 0 spiro atoms. The van der Waals surface area contributed by atoms with Gasteiger partial charge in [-0.05, 0) is 23.8 Å². The fraction of sp³-hybridized carbons (Fsp3) is 0.0625. The average molecular weight is 279 g/mol. The summed E-state index contributed by atoms with van der Waals surface area (Å²) in [7, 11) is 0. The van der Waals surface area contributed by atoms with Crippen LogP contribution in [0.3, 0.4) is 0 Å². The maximum absolute atomic E-state index is 12.5. The van der Waals surface area contributed by atoms with Crippen molar-refractivity contribution < 1.29 is 4.79 Å². The number of aromatic nitrogens is 2. The summed E-state index contributed by atoms with van der Waals surface area (Å²) in [6.07, 6.45) is 4.85. The molecule has 0 bridgehead atoms. The molecule has 0 saturated heterocycles. The van der Waals surface area contributed by atoms with E-state index in [-0.39, 0.29) is 5.56 Å². The normalized spacial score (nSPS) is 10.7. The second kappa shape index (κ2) is 5.20. The van der Waals surface area contributed by atoms with E-state index in [2.05, 4.69) is 4.98 Å². The minimum atomic E-state index is -0.547. The van der Waals surface area contributed by atoms with Crippen molar-refractivity contribution in [3.8, 4) is 0 Å². The van der Waals surface area contributed by atoms with Gasteiger partial charge in [-0.3, -0.25) is 14.6 Å². The average Bonchev–Trinajstić information content (AvgIpc) is 2.51. The SMILES string of the molecule is NC(=O)c1cn(Cc2ccncc2)c(=O)c2ccccc12. The Labute approximate surface area is 120 Å². The lowest BCUT2D eigenvalue weighted by Crippen LogP contribution is -2.24. The van der Waals surface area contributed by atoms with E-state index in [1.807, 2.05) is 12.1 Å². The van der Waals surface area contributed by atoms with Crippen molar-refractivity contribution in [2.24, 2.45) is 5.73 Å². The number of benzene rings is 1. The predicted molar refractivity (Wildman–Crippen MR) is 80.1 cm³/mol. The van der Waals surface area contributed by atoms with Crippen molar-refractivity contribution >= 4 is 16.7 Å². The van der Waals surface area contributed by atoms with Gasteiger partial charge in [-0.1, -0.05) is 18.2 Å². The Kier molecular flexibility index (Phi) is 3.23. The van der Waals surface area contributed by atoms with Gasteiger partial charge < -0.3 is 10.3 Å². The molecule has 2 heterocycles. The van der Waals surface area contributed by atoms with Gasteiger partial charge in [0.05, 0.1) is 12.1 Å².